The Morgan fingerprint density at radius 1 is 1.00 bits per heavy atom. The Balaban J connectivity index is 1.73. The molecule has 0 heterocycles. The van der Waals surface area contributed by atoms with E-state index < -0.39 is 24.4 Å². The zero-order chi connectivity index (χ0) is 22.1. The van der Waals surface area contributed by atoms with Crippen molar-refractivity contribution in [2.24, 2.45) is 0 Å². The number of rotatable bonds is 9. The maximum absolute atomic E-state index is 12.1. The van der Waals surface area contributed by atoms with Crippen molar-refractivity contribution in [3.63, 3.8) is 0 Å². The molecule has 1 atom stereocenters. The van der Waals surface area contributed by atoms with Gasteiger partial charge in [-0.2, -0.15) is 0 Å². The fraction of sp³-hybridized carbons (Fsp3) is 0.348. The molecule has 2 aromatic rings. The fourth-order valence-electron chi connectivity index (χ4n) is 2.72. The van der Waals surface area contributed by atoms with Gasteiger partial charge in [0.25, 0.3) is 11.8 Å². The SMILES string of the molecule is CCOc1ccc(C(=O)NCC(=O)OCC(=O)N[C@H](C)c2ccc(C)c(C)c2)cc1. The minimum absolute atomic E-state index is 0.213. The molecule has 2 aromatic carbocycles. The van der Waals surface area contributed by atoms with Crippen LogP contribution >= 0.6 is 0 Å². The molecule has 0 aromatic heterocycles. The average molecular weight is 412 g/mol. The van der Waals surface area contributed by atoms with Crippen LogP contribution in [0.4, 0.5) is 0 Å². The Kier molecular flexibility index (Phi) is 8.41. The molecule has 0 saturated carbocycles. The highest BCUT2D eigenvalue weighted by Gasteiger charge is 2.14. The third-order valence-electron chi connectivity index (χ3n) is 4.59. The van der Waals surface area contributed by atoms with Gasteiger partial charge >= 0.3 is 5.97 Å². The summed E-state index contributed by atoms with van der Waals surface area (Å²) >= 11 is 0. The van der Waals surface area contributed by atoms with Gasteiger partial charge in [0.15, 0.2) is 6.61 Å². The number of benzene rings is 2. The molecular weight excluding hydrogens is 384 g/mol. The van der Waals surface area contributed by atoms with Gasteiger partial charge in [0, 0.05) is 5.56 Å². The molecule has 2 rings (SSSR count). The summed E-state index contributed by atoms with van der Waals surface area (Å²) in [6.45, 7) is 7.57. The van der Waals surface area contributed by atoms with Gasteiger partial charge in [0.05, 0.1) is 12.6 Å². The van der Waals surface area contributed by atoms with Gasteiger partial charge in [-0.25, -0.2) is 0 Å². The molecule has 0 fully saturated rings. The van der Waals surface area contributed by atoms with E-state index in [4.69, 9.17) is 9.47 Å². The van der Waals surface area contributed by atoms with Crippen LogP contribution < -0.4 is 15.4 Å². The number of nitrogens with one attached hydrogen (secondary N) is 2. The molecule has 2 N–H and O–H groups in total. The molecule has 0 spiro atoms. The van der Waals surface area contributed by atoms with Crippen LogP contribution in [0.25, 0.3) is 0 Å². The molecule has 0 aliphatic heterocycles. The molecule has 0 radical (unpaired) electrons. The first-order chi connectivity index (χ1) is 14.3. The second-order valence-corrected chi connectivity index (χ2v) is 6.93. The first kappa shape index (κ1) is 22.9. The lowest BCUT2D eigenvalue weighted by atomic mass is 10.0. The lowest BCUT2D eigenvalue weighted by Crippen LogP contribution is -2.34. The summed E-state index contributed by atoms with van der Waals surface area (Å²) in [5, 5.41) is 5.26. The van der Waals surface area contributed by atoms with Crippen molar-refractivity contribution >= 4 is 17.8 Å². The van der Waals surface area contributed by atoms with Crippen LogP contribution in [0.1, 0.15) is 46.9 Å². The fourth-order valence-corrected chi connectivity index (χ4v) is 2.72. The van der Waals surface area contributed by atoms with E-state index in [0.29, 0.717) is 17.9 Å². The molecule has 160 valence electrons. The Bertz CT molecular complexity index is 893. The Labute approximate surface area is 176 Å². The smallest absolute Gasteiger partial charge is 0.325 e. The molecule has 2 amide bonds. The van der Waals surface area contributed by atoms with Gasteiger partial charge in [-0.1, -0.05) is 18.2 Å². The maximum atomic E-state index is 12.1. The van der Waals surface area contributed by atoms with E-state index in [-0.39, 0.29) is 12.6 Å². The maximum Gasteiger partial charge on any atom is 0.325 e. The number of esters is 1. The summed E-state index contributed by atoms with van der Waals surface area (Å²) in [6.07, 6.45) is 0. The Hall–Kier alpha value is -3.35. The number of aryl methyl sites for hydroxylation is 2. The number of hydrogen-bond acceptors (Lipinski definition) is 5. The van der Waals surface area contributed by atoms with Crippen molar-refractivity contribution in [3.8, 4) is 5.75 Å². The standard InChI is InChI=1S/C23H28N2O5/c1-5-29-20-10-8-18(9-11-20)23(28)24-13-22(27)30-14-21(26)25-17(4)19-7-6-15(2)16(3)12-19/h6-12,17H,5,13-14H2,1-4H3,(H,24,28)(H,25,26)/t17-/m1/s1. The van der Waals surface area contributed by atoms with E-state index in [1.807, 2.05) is 45.9 Å². The van der Waals surface area contributed by atoms with Gasteiger partial charge in [-0.15, -0.1) is 0 Å². The molecule has 7 nitrogen and oxygen atoms in total. The average Bonchev–Trinajstić information content (AvgIpc) is 2.73. The van der Waals surface area contributed by atoms with Crippen LogP contribution in [0.2, 0.25) is 0 Å². The lowest BCUT2D eigenvalue weighted by Gasteiger charge is -2.16. The topological polar surface area (TPSA) is 93.7 Å². The number of hydrogen-bond donors (Lipinski definition) is 2. The highest BCUT2D eigenvalue weighted by molar-refractivity contribution is 5.96. The molecular formula is C23H28N2O5. The molecule has 30 heavy (non-hydrogen) atoms. The van der Waals surface area contributed by atoms with Crippen molar-refractivity contribution in [1.29, 1.82) is 0 Å². The van der Waals surface area contributed by atoms with Crippen LogP contribution in [-0.2, 0) is 14.3 Å². The Morgan fingerprint density at radius 3 is 2.33 bits per heavy atom. The minimum atomic E-state index is -0.691. The second kappa shape index (κ2) is 11.0. The van der Waals surface area contributed by atoms with Gasteiger partial charge < -0.3 is 20.1 Å². The van der Waals surface area contributed by atoms with Crippen LogP contribution in [0, 0.1) is 13.8 Å². The van der Waals surface area contributed by atoms with E-state index in [1.165, 1.54) is 5.56 Å². The molecule has 0 bridgehead atoms. The quantitative estimate of drug-likeness (QED) is 0.618. The van der Waals surface area contributed by atoms with Crippen LogP contribution in [-0.4, -0.2) is 37.5 Å². The van der Waals surface area contributed by atoms with E-state index >= 15 is 0 Å². The lowest BCUT2D eigenvalue weighted by molar-refractivity contribution is -0.147. The van der Waals surface area contributed by atoms with E-state index in [2.05, 4.69) is 10.6 Å². The van der Waals surface area contributed by atoms with Crippen molar-refractivity contribution in [2.75, 3.05) is 19.8 Å². The third-order valence-corrected chi connectivity index (χ3v) is 4.59. The van der Waals surface area contributed by atoms with Crippen molar-refractivity contribution < 1.29 is 23.9 Å². The molecule has 7 heteroatoms. The minimum Gasteiger partial charge on any atom is -0.494 e. The number of carbonyl (C=O) groups is 3. The molecule has 0 unspecified atom stereocenters. The summed E-state index contributed by atoms with van der Waals surface area (Å²) in [7, 11) is 0. The van der Waals surface area contributed by atoms with Crippen LogP contribution in [0.3, 0.4) is 0 Å². The normalized spacial score (nSPS) is 11.3. The number of ether oxygens (including phenoxy) is 2. The molecule has 0 saturated heterocycles. The summed E-state index contributed by atoms with van der Waals surface area (Å²) in [5.74, 6) is -0.854. The second-order valence-electron chi connectivity index (χ2n) is 6.93. The first-order valence-electron chi connectivity index (χ1n) is 9.83. The summed E-state index contributed by atoms with van der Waals surface area (Å²) in [4.78, 5) is 35.9. The molecule has 0 aliphatic rings. The number of carbonyl (C=O) groups excluding carboxylic acids is 3. The zero-order valence-electron chi connectivity index (χ0n) is 17.8. The third kappa shape index (κ3) is 6.92. The van der Waals surface area contributed by atoms with Crippen LogP contribution in [0.15, 0.2) is 42.5 Å². The summed E-state index contributed by atoms with van der Waals surface area (Å²) < 4.78 is 10.3. The van der Waals surface area contributed by atoms with Gasteiger partial charge in [0.1, 0.15) is 12.3 Å². The van der Waals surface area contributed by atoms with Crippen molar-refractivity contribution in [1.82, 2.24) is 10.6 Å². The van der Waals surface area contributed by atoms with Gasteiger partial charge in [-0.3, -0.25) is 14.4 Å². The van der Waals surface area contributed by atoms with E-state index in [1.54, 1.807) is 24.3 Å². The molecule has 0 aliphatic carbocycles. The highest BCUT2D eigenvalue weighted by Crippen LogP contribution is 2.16. The Morgan fingerprint density at radius 2 is 1.70 bits per heavy atom. The van der Waals surface area contributed by atoms with Crippen LogP contribution in [0.5, 0.6) is 5.75 Å². The van der Waals surface area contributed by atoms with Crippen molar-refractivity contribution in [3.05, 3.63) is 64.7 Å². The summed E-state index contributed by atoms with van der Waals surface area (Å²) in [6, 6.07) is 12.3. The van der Waals surface area contributed by atoms with Crippen molar-refractivity contribution in [2.45, 2.75) is 33.7 Å². The van der Waals surface area contributed by atoms with Gasteiger partial charge in [0.2, 0.25) is 0 Å². The predicted octanol–water partition coefficient (Wildman–Crippen LogP) is 2.85. The van der Waals surface area contributed by atoms with E-state index in [9.17, 15) is 14.4 Å². The number of amides is 2. The monoisotopic (exact) mass is 412 g/mol. The largest absolute Gasteiger partial charge is 0.494 e. The van der Waals surface area contributed by atoms with Gasteiger partial charge in [-0.05, 0) is 68.7 Å². The van der Waals surface area contributed by atoms with E-state index in [0.717, 1.165) is 11.1 Å². The zero-order valence-corrected chi connectivity index (χ0v) is 17.8. The predicted molar refractivity (Wildman–Crippen MR) is 113 cm³/mol. The highest BCUT2D eigenvalue weighted by atomic mass is 16.5. The summed E-state index contributed by atoms with van der Waals surface area (Å²) in [5.41, 5.74) is 3.69. The first-order valence-corrected chi connectivity index (χ1v) is 9.83.